The maximum atomic E-state index is 13.4. The Morgan fingerprint density at radius 2 is 1.82 bits per heavy atom. The molecule has 5 atom stereocenters. The first kappa shape index (κ1) is 20.1. The SMILES string of the molecule is O=C(c1ccc2[nH]nnc2c1)N1C[C@@H]2C3CN(C(=O)C4CCc5ccccc5C4)CC3(O)[C@@H]2C1. The molecule has 4 aliphatic rings. The van der Waals surface area contributed by atoms with Gasteiger partial charge in [-0.2, -0.15) is 0 Å². The van der Waals surface area contributed by atoms with E-state index in [1.165, 1.54) is 11.1 Å². The second-order valence-electron chi connectivity index (χ2n) is 10.5. The molecule has 2 N–H and O–H groups in total. The molecule has 2 aliphatic heterocycles. The average Bonchev–Trinajstić information content (AvgIpc) is 3.57. The molecule has 0 spiro atoms. The number of likely N-dealkylation sites (tertiary alicyclic amines) is 2. The van der Waals surface area contributed by atoms with E-state index < -0.39 is 5.60 Å². The van der Waals surface area contributed by atoms with Crippen molar-refractivity contribution in [2.24, 2.45) is 23.7 Å². The fourth-order valence-electron chi connectivity index (χ4n) is 7.09. The van der Waals surface area contributed by atoms with Crippen LogP contribution in [0, 0.1) is 23.7 Å². The standard InChI is InChI=1S/C26H27N5O3/c32-24(18-7-8-22-23(10-18)28-29-27-22)30-11-19-20(12-30)26(34)14-31(13-21(19)26)25(33)17-6-5-15-3-1-2-4-16(15)9-17/h1-4,7-8,10,17,19-21,34H,5-6,9,11-14H2,(H,27,28,29)/t17?,19-,20+,21?,26?/m0/s1. The van der Waals surface area contributed by atoms with Gasteiger partial charge in [-0.3, -0.25) is 14.7 Å². The van der Waals surface area contributed by atoms with E-state index in [2.05, 4.69) is 33.6 Å². The number of benzene rings is 2. The van der Waals surface area contributed by atoms with Gasteiger partial charge in [-0.25, -0.2) is 0 Å². The molecule has 7 rings (SSSR count). The summed E-state index contributed by atoms with van der Waals surface area (Å²) in [5, 5.41) is 22.1. The molecule has 2 aliphatic carbocycles. The summed E-state index contributed by atoms with van der Waals surface area (Å²) in [5.74, 6) is 0.476. The number of carbonyl (C=O) groups excluding carboxylic acids is 2. The number of aliphatic hydroxyl groups is 1. The van der Waals surface area contributed by atoms with Crippen molar-refractivity contribution in [2.45, 2.75) is 24.9 Å². The van der Waals surface area contributed by atoms with Crippen molar-refractivity contribution in [3.05, 3.63) is 59.2 Å². The molecule has 3 heterocycles. The minimum atomic E-state index is -0.877. The Labute approximate surface area is 196 Å². The fourth-order valence-corrected chi connectivity index (χ4v) is 7.09. The molecule has 34 heavy (non-hydrogen) atoms. The van der Waals surface area contributed by atoms with Crippen LogP contribution >= 0.6 is 0 Å². The molecule has 2 amide bonds. The van der Waals surface area contributed by atoms with Crippen LogP contribution in [-0.4, -0.2) is 73.9 Å². The fraction of sp³-hybridized carbons (Fsp3) is 0.462. The molecule has 8 heteroatoms. The van der Waals surface area contributed by atoms with Crippen molar-refractivity contribution >= 4 is 22.8 Å². The van der Waals surface area contributed by atoms with E-state index in [1.54, 1.807) is 12.1 Å². The minimum absolute atomic E-state index is 0.000337. The molecule has 1 saturated carbocycles. The minimum Gasteiger partial charge on any atom is -0.387 e. The Hall–Kier alpha value is -3.26. The van der Waals surface area contributed by atoms with Gasteiger partial charge in [-0.1, -0.05) is 29.5 Å². The first-order valence-corrected chi connectivity index (χ1v) is 12.2. The summed E-state index contributed by atoms with van der Waals surface area (Å²) in [6, 6.07) is 13.8. The van der Waals surface area contributed by atoms with Crippen LogP contribution in [0.2, 0.25) is 0 Å². The zero-order chi connectivity index (χ0) is 23.0. The van der Waals surface area contributed by atoms with E-state index in [4.69, 9.17) is 0 Å². The van der Waals surface area contributed by atoms with Gasteiger partial charge in [0.25, 0.3) is 5.91 Å². The van der Waals surface area contributed by atoms with Crippen LogP contribution in [-0.2, 0) is 17.6 Å². The van der Waals surface area contributed by atoms with Crippen LogP contribution in [0.25, 0.3) is 11.0 Å². The molecule has 3 aromatic rings. The van der Waals surface area contributed by atoms with E-state index in [1.807, 2.05) is 21.9 Å². The van der Waals surface area contributed by atoms with Gasteiger partial charge in [0.05, 0.1) is 17.7 Å². The molecule has 2 saturated heterocycles. The summed E-state index contributed by atoms with van der Waals surface area (Å²) in [7, 11) is 0. The predicted molar refractivity (Wildman–Crippen MR) is 124 cm³/mol. The molecular formula is C26H27N5O3. The van der Waals surface area contributed by atoms with Gasteiger partial charge < -0.3 is 14.9 Å². The van der Waals surface area contributed by atoms with Crippen LogP contribution in [0.3, 0.4) is 0 Å². The van der Waals surface area contributed by atoms with Crippen LogP contribution in [0.5, 0.6) is 0 Å². The number of nitrogens with zero attached hydrogens (tertiary/aromatic N) is 4. The van der Waals surface area contributed by atoms with Crippen molar-refractivity contribution in [2.75, 3.05) is 26.2 Å². The molecule has 3 fully saturated rings. The smallest absolute Gasteiger partial charge is 0.253 e. The van der Waals surface area contributed by atoms with Gasteiger partial charge in [0.2, 0.25) is 5.91 Å². The van der Waals surface area contributed by atoms with Crippen LogP contribution in [0.1, 0.15) is 27.9 Å². The summed E-state index contributed by atoms with van der Waals surface area (Å²) >= 11 is 0. The largest absolute Gasteiger partial charge is 0.387 e. The van der Waals surface area contributed by atoms with Crippen molar-refractivity contribution in [3.63, 3.8) is 0 Å². The highest BCUT2D eigenvalue weighted by molar-refractivity contribution is 5.97. The van der Waals surface area contributed by atoms with Crippen molar-refractivity contribution in [1.82, 2.24) is 25.2 Å². The molecule has 174 valence electrons. The number of H-pyrrole nitrogens is 1. The Morgan fingerprint density at radius 1 is 1.03 bits per heavy atom. The van der Waals surface area contributed by atoms with Crippen LogP contribution in [0.15, 0.2) is 42.5 Å². The number of hydrogen-bond acceptors (Lipinski definition) is 5. The van der Waals surface area contributed by atoms with Gasteiger partial charge in [0.1, 0.15) is 5.52 Å². The second kappa shape index (κ2) is 7.12. The number of amides is 2. The Morgan fingerprint density at radius 3 is 2.68 bits per heavy atom. The van der Waals surface area contributed by atoms with Gasteiger partial charge in [-0.05, 0) is 54.5 Å². The summed E-state index contributed by atoms with van der Waals surface area (Å²) in [5.41, 5.74) is 3.82. The average molecular weight is 458 g/mol. The lowest BCUT2D eigenvalue weighted by atomic mass is 9.56. The number of nitrogens with one attached hydrogen (secondary N) is 1. The lowest BCUT2D eigenvalue weighted by Gasteiger charge is -2.50. The van der Waals surface area contributed by atoms with Crippen molar-refractivity contribution in [3.8, 4) is 0 Å². The van der Waals surface area contributed by atoms with E-state index in [0.717, 1.165) is 24.8 Å². The Balaban J connectivity index is 1.03. The maximum Gasteiger partial charge on any atom is 0.253 e. The molecule has 0 radical (unpaired) electrons. The highest BCUT2D eigenvalue weighted by atomic mass is 16.3. The number of aryl methyl sites for hydroxylation is 1. The molecular weight excluding hydrogens is 430 g/mol. The van der Waals surface area contributed by atoms with Crippen LogP contribution in [0.4, 0.5) is 0 Å². The maximum absolute atomic E-state index is 13.4. The summed E-state index contributed by atoms with van der Waals surface area (Å²) < 4.78 is 0. The predicted octanol–water partition coefficient (Wildman–Crippen LogP) is 1.65. The number of hydrogen-bond donors (Lipinski definition) is 2. The molecule has 3 unspecified atom stereocenters. The normalized spacial score (nSPS) is 31.7. The first-order valence-electron chi connectivity index (χ1n) is 12.2. The Bertz CT molecular complexity index is 1320. The number of aromatic nitrogens is 3. The third-order valence-corrected chi connectivity index (χ3v) is 8.90. The topological polar surface area (TPSA) is 102 Å². The molecule has 2 aromatic carbocycles. The summed E-state index contributed by atoms with van der Waals surface area (Å²) in [6.45, 7) is 2.16. The number of β-amino-alcohol motifs (C(OH)–C–C–N with tert-alkyl or cyclic N) is 1. The lowest BCUT2D eigenvalue weighted by molar-refractivity contribution is -0.148. The monoisotopic (exact) mass is 457 g/mol. The van der Waals surface area contributed by atoms with Crippen molar-refractivity contribution < 1.29 is 14.7 Å². The molecule has 8 nitrogen and oxygen atoms in total. The van der Waals surface area contributed by atoms with Gasteiger partial charge >= 0.3 is 0 Å². The lowest BCUT2D eigenvalue weighted by Crippen LogP contribution is -2.61. The van der Waals surface area contributed by atoms with E-state index in [0.29, 0.717) is 37.3 Å². The van der Waals surface area contributed by atoms with Gasteiger partial charge in [0, 0.05) is 43.0 Å². The number of carbonyl (C=O) groups is 2. The first-order chi connectivity index (χ1) is 16.5. The molecule has 1 aromatic heterocycles. The zero-order valence-electron chi connectivity index (χ0n) is 18.9. The molecule has 0 bridgehead atoms. The van der Waals surface area contributed by atoms with Gasteiger partial charge in [-0.15, -0.1) is 5.10 Å². The third-order valence-electron chi connectivity index (χ3n) is 8.90. The van der Waals surface area contributed by atoms with Gasteiger partial charge in [0.15, 0.2) is 0 Å². The second-order valence-corrected chi connectivity index (χ2v) is 10.5. The van der Waals surface area contributed by atoms with E-state index >= 15 is 0 Å². The van der Waals surface area contributed by atoms with Crippen LogP contribution < -0.4 is 0 Å². The van der Waals surface area contributed by atoms with E-state index in [9.17, 15) is 14.7 Å². The third kappa shape index (κ3) is 2.81. The van der Waals surface area contributed by atoms with Crippen molar-refractivity contribution in [1.29, 1.82) is 0 Å². The summed E-state index contributed by atoms with van der Waals surface area (Å²) in [4.78, 5) is 30.3. The highest BCUT2D eigenvalue weighted by Crippen LogP contribution is 2.57. The highest BCUT2D eigenvalue weighted by Gasteiger charge is 2.68. The zero-order valence-corrected chi connectivity index (χ0v) is 18.9. The summed E-state index contributed by atoms with van der Waals surface area (Å²) in [6.07, 6.45) is 2.61. The number of rotatable bonds is 2. The van der Waals surface area contributed by atoms with E-state index in [-0.39, 0.29) is 35.5 Å². The number of fused-ring (bicyclic) bond motifs is 6. The quantitative estimate of drug-likeness (QED) is 0.609. The number of aromatic amines is 1. The Kier molecular flexibility index (Phi) is 4.22.